The molecule has 0 radical (unpaired) electrons. The minimum Gasteiger partial charge on any atom is -0.380 e. The first-order valence-electron chi connectivity index (χ1n) is 8.65. The molecule has 26 heavy (non-hydrogen) atoms. The number of thiazole rings is 1. The van der Waals surface area contributed by atoms with Gasteiger partial charge in [-0.05, 0) is 37.1 Å². The first-order chi connectivity index (χ1) is 12.7. The molecule has 2 aromatic carbocycles. The van der Waals surface area contributed by atoms with Gasteiger partial charge in [0.05, 0.1) is 16.8 Å². The second-order valence-electron chi connectivity index (χ2n) is 5.84. The van der Waals surface area contributed by atoms with Gasteiger partial charge in [-0.2, -0.15) is 4.99 Å². The Bertz CT molecular complexity index is 947. The zero-order valence-corrected chi connectivity index (χ0v) is 16.2. The topological polar surface area (TPSA) is 43.6 Å². The summed E-state index contributed by atoms with van der Waals surface area (Å²) in [6.45, 7) is 3.86. The Morgan fingerprint density at radius 1 is 1.23 bits per heavy atom. The molecule has 0 fully saturated rings. The van der Waals surface area contributed by atoms with Crippen molar-refractivity contribution in [2.45, 2.75) is 26.3 Å². The second-order valence-corrected chi connectivity index (χ2v) is 7.28. The van der Waals surface area contributed by atoms with Crippen LogP contribution in [0.4, 0.5) is 0 Å². The average molecular weight is 389 g/mol. The van der Waals surface area contributed by atoms with Gasteiger partial charge >= 0.3 is 0 Å². The smallest absolute Gasteiger partial charge is 0.248 e. The first kappa shape index (κ1) is 18.8. The maximum absolute atomic E-state index is 12.4. The van der Waals surface area contributed by atoms with Crippen LogP contribution in [0.1, 0.15) is 18.9 Å². The number of aromatic nitrogens is 1. The summed E-state index contributed by atoms with van der Waals surface area (Å²) in [4.78, 5) is 17.4. The van der Waals surface area contributed by atoms with E-state index >= 15 is 0 Å². The molecule has 0 aliphatic heterocycles. The molecule has 136 valence electrons. The zero-order chi connectivity index (χ0) is 18.4. The van der Waals surface area contributed by atoms with Crippen LogP contribution in [-0.4, -0.2) is 23.7 Å². The van der Waals surface area contributed by atoms with Gasteiger partial charge < -0.3 is 9.30 Å². The molecule has 4 nitrogen and oxygen atoms in total. The van der Waals surface area contributed by atoms with Crippen LogP contribution in [-0.2, 0) is 22.5 Å². The van der Waals surface area contributed by atoms with Gasteiger partial charge in [-0.3, -0.25) is 4.79 Å². The van der Waals surface area contributed by atoms with E-state index in [-0.39, 0.29) is 5.91 Å². The fraction of sp³-hybridized carbons (Fsp3) is 0.300. The van der Waals surface area contributed by atoms with Gasteiger partial charge in [-0.1, -0.05) is 53.3 Å². The number of carbonyl (C=O) groups is 1. The van der Waals surface area contributed by atoms with Crippen LogP contribution >= 0.6 is 22.9 Å². The first-order valence-corrected chi connectivity index (χ1v) is 9.85. The number of fused-ring (bicyclic) bond motifs is 1. The van der Waals surface area contributed by atoms with Crippen molar-refractivity contribution in [2.75, 3.05) is 13.2 Å². The highest BCUT2D eigenvalue weighted by molar-refractivity contribution is 7.16. The van der Waals surface area contributed by atoms with Crippen molar-refractivity contribution in [1.29, 1.82) is 0 Å². The van der Waals surface area contributed by atoms with E-state index in [0.717, 1.165) is 15.8 Å². The highest BCUT2D eigenvalue weighted by Gasteiger charge is 2.09. The van der Waals surface area contributed by atoms with E-state index in [0.29, 0.717) is 42.4 Å². The SMILES string of the molecule is CCOCCn1c(=NC(=O)CCc2ccccc2)sc2cc(Cl)ccc21. The van der Waals surface area contributed by atoms with Crippen molar-refractivity contribution in [3.8, 4) is 0 Å². The number of carbonyl (C=O) groups excluding carboxylic acids is 1. The normalized spacial score (nSPS) is 12.0. The molecule has 3 rings (SSSR count). The molecule has 6 heteroatoms. The summed E-state index contributed by atoms with van der Waals surface area (Å²) < 4.78 is 8.53. The molecule has 0 bridgehead atoms. The Balaban J connectivity index is 1.85. The number of amides is 1. The largest absolute Gasteiger partial charge is 0.380 e. The van der Waals surface area contributed by atoms with Gasteiger partial charge in [0.1, 0.15) is 0 Å². The van der Waals surface area contributed by atoms with E-state index in [2.05, 4.69) is 4.99 Å². The van der Waals surface area contributed by atoms with E-state index in [1.807, 2.05) is 60.0 Å². The third kappa shape index (κ3) is 4.81. The molecular weight excluding hydrogens is 368 g/mol. The van der Waals surface area contributed by atoms with Crippen LogP contribution in [0.2, 0.25) is 5.02 Å². The van der Waals surface area contributed by atoms with Gasteiger partial charge in [0.15, 0.2) is 4.80 Å². The molecule has 1 heterocycles. The van der Waals surface area contributed by atoms with E-state index in [9.17, 15) is 4.79 Å². The highest BCUT2D eigenvalue weighted by atomic mass is 35.5. The summed E-state index contributed by atoms with van der Waals surface area (Å²) in [6.07, 6.45) is 1.09. The number of hydrogen-bond acceptors (Lipinski definition) is 3. The van der Waals surface area contributed by atoms with Gasteiger partial charge in [-0.15, -0.1) is 0 Å². The second kappa shape index (κ2) is 9.12. The predicted molar refractivity (Wildman–Crippen MR) is 107 cm³/mol. The molecule has 0 N–H and O–H groups in total. The van der Waals surface area contributed by atoms with Gasteiger partial charge in [-0.25, -0.2) is 0 Å². The lowest BCUT2D eigenvalue weighted by Crippen LogP contribution is -2.19. The Labute approximate surface area is 161 Å². The zero-order valence-electron chi connectivity index (χ0n) is 14.7. The van der Waals surface area contributed by atoms with Gasteiger partial charge in [0.25, 0.3) is 0 Å². The Kier molecular flexibility index (Phi) is 6.61. The van der Waals surface area contributed by atoms with Crippen molar-refractivity contribution >= 4 is 39.1 Å². The number of ether oxygens (including phenoxy) is 1. The Morgan fingerprint density at radius 3 is 2.81 bits per heavy atom. The van der Waals surface area contributed by atoms with E-state index < -0.39 is 0 Å². The van der Waals surface area contributed by atoms with E-state index in [4.69, 9.17) is 16.3 Å². The number of hydrogen-bond donors (Lipinski definition) is 0. The Hall–Kier alpha value is -1.95. The molecule has 1 amide bonds. The third-order valence-corrected chi connectivity index (χ3v) is 5.28. The van der Waals surface area contributed by atoms with Crippen molar-refractivity contribution in [2.24, 2.45) is 4.99 Å². The monoisotopic (exact) mass is 388 g/mol. The number of benzene rings is 2. The van der Waals surface area contributed by atoms with Crippen LogP contribution < -0.4 is 4.80 Å². The fourth-order valence-corrected chi connectivity index (χ4v) is 4.06. The number of nitrogens with zero attached hydrogens (tertiary/aromatic N) is 2. The van der Waals surface area contributed by atoms with Crippen molar-refractivity contribution in [3.63, 3.8) is 0 Å². The van der Waals surface area contributed by atoms with Crippen molar-refractivity contribution < 1.29 is 9.53 Å². The molecular formula is C20H21ClN2O2S. The van der Waals surface area contributed by atoms with Crippen molar-refractivity contribution in [3.05, 3.63) is 63.9 Å². The summed E-state index contributed by atoms with van der Waals surface area (Å²) in [7, 11) is 0. The van der Waals surface area contributed by atoms with Crippen LogP contribution in [0.25, 0.3) is 10.2 Å². The molecule has 0 aliphatic carbocycles. The quantitative estimate of drug-likeness (QED) is 0.561. The maximum Gasteiger partial charge on any atom is 0.248 e. The summed E-state index contributed by atoms with van der Waals surface area (Å²) in [5.41, 5.74) is 2.16. The molecule has 3 aromatic rings. The lowest BCUT2D eigenvalue weighted by atomic mass is 10.1. The van der Waals surface area contributed by atoms with Gasteiger partial charge in [0, 0.05) is 24.6 Å². The molecule has 0 spiro atoms. The average Bonchev–Trinajstić information content (AvgIpc) is 2.97. The molecule has 0 saturated heterocycles. The maximum atomic E-state index is 12.4. The number of rotatable bonds is 7. The Morgan fingerprint density at radius 2 is 2.04 bits per heavy atom. The van der Waals surface area contributed by atoms with E-state index in [1.165, 1.54) is 11.3 Å². The lowest BCUT2D eigenvalue weighted by molar-refractivity contribution is -0.118. The lowest BCUT2D eigenvalue weighted by Gasteiger charge is -2.05. The molecule has 0 atom stereocenters. The standard InChI is InChI=1S/C20H21ClN2O2S/c1-2-25-13-12-23-17-10-9-16(21)14-18(17)26-20(23)22-19(24)11-8-15-6-4-3-5-7-15/h3-7,9-10,14H,2,8,11-13H2,1H3. The van der Waals surface area contributed by atoms with Crippen LogP contribution in [0.3, 0.4) is 0 Å². The van der Waals surface area contributed by atoms with Crippen LogP contribution in [0.15, 0.2) is 53.5 Å². The molecule has 0 unspecified atom stereocenters. The third-order valence-electron chi connectivity index (χ3n) is 4.00. The summed E-state index contributed by atoms with van der Waals surface area (Å²) in [5, 5.41) is 0.678. The summed E-state index contributed by atoms with van der Waals surface area (Å²) in [5.74, 6) is -0.114. The molecule has 0 saturated carbocycles. The summed E-state index contributed by atoms with van der Waals surface area (Å²) in [6, 6.07) is 15.7. The van der Waals surface area contributed by atoms with Gasteiger partial charge in [0.2, 0.25) is 5.91 Å². The molecule has 1 aromatic heterocycles. The fourth-order valence-electron chi connectivity index (χ4n) is 2.71. The highest BCUT2D eigenvalue weighted by Crippen LogP contribution is 2.22. The summed E-state index contributed by atoms with van der Waals surface area (Å²) >= 11 is 7.59. The molecule has 0 aliphatic rings. The minimum absolute atomic E-state index is 0.114. The number of halogens is 1. The van der Waals surface area contributed by atoms with E-state index in [1.54, 1.807) is 0 Å². The minimum atomic E-state index is -0.114. The van der Waals surface area contributed by atoms with Crippen molar-refractivity contribution in [1.82, 2.24) is 4.57 Å². The number of aryl methyl sites for hydroxylation is 1. The van der Waals surface area contributed by atoms with Crippen LogP contribution in [0.5, 0.6) is 0 Å². The predicted octanol–water partition coefficient (Wildman–Crippen LogP) is 4.45. The van der Waals surface area contributed by atoms with Crippen LogP contribution in [0, 0.1) is 0 Å².